The van der Waals surface area contributed by atoms with E-state index in [-0.39, 0.29) is 11.2 Å². The number of hydrogen-bond donors (Lipinski definition) is 0. The van der Waals surface area contributed by atoms with Crippen LogP contribution in [0.2, 0.25) is 0 Å². The van der Waals surface area contributed by atoms with Crippen LogP contribution < -0.4 is 0 Å². The first-order valence-corrected chi connectivity index (χ1v) is 10.8. The molecule has 1 atom stereocenters. The fraction of sp³-hybridized carbons (Fsp3) is 0.611. The number of likely N-dealkylation sites (N-methyl/N-ethyl adjacent to an activating group) is 1. The molecular formula is C18H24N4OS2. The molecule has 0 spiro atoms. The van der Waals surface area contributed by atoms with Gasteiger partial charge in [-0.05, 0) is 38.3 Å². The lowest BCUT2D eigenvalue weighted by Crippen LogP contribution is -2.50. The summed E-state index contributed by atoms with van der Waals surface area (Å²) in [5.74, 6) is 0.236. The molecular weight excluding hydrogens is 352 g/mol. The molecule has 0 saturated carbocycles. The van der Waals surface area contributed by atoms with E-state index in [0.29, 0.717) is 0 Å². The van der Waals surface area contributed by atoms with Crippen molar-refractivity contribution in [3.8, 4) is 0 Å². The van der Waals surface area contributed by atoms with Crippen molar-refractivity contribution < 1.29 is 4.79 Å². The first-order chi connectivity index (χ1) is 12.2. The topological polar surface area (TPSA) is 49.3 Å². The molecule has 1 saturated heterocycles. The van der Waals surface area contributed by atoms with Gasteiger partial charge in [-0.15, -0.1) is 11.3 Å². The smallest absolute Gasteiger partial charge is 0.235 e. The second-order valence-corrected chi connectivity index (χ2v) is 9.15. The van der Waals surface area contributed by atoms with E-state index in [1.54, 1.807) is 29.4 Å². The Morgan fingerprint density at radius 2 is 2.08 bits per heavy atom. The first kappa shape index (κ1) is 17.2. The lowest BCUT2D eigenvalue weighted by atomic mass is 10.2. The summed E-state index contributed by atoms with van der Waals surface area (Å²) in [6.07, 6.45) is 5.16. The molecule has 1 aliphatic carbocycles. The Balaban J connectivity index is 1.50. The number of rotatable bonds is 4. The third kappa shape index (κ3) is 3.29. The highest BCUT2D eigenvalue weighted by atomic mass is 32.2. The minimum atomic E-state index is -0.108. The highest BCUT2D eigenvalue weighted by Gasteiger charge is 2.27. The van der Waals surface area contributed by atoms with Gasteiger partial charge in [0.1, 0.15) is 16.2 Å². The summed E-state index contributed by atoms with van der Waals surface area (Å²) in [7, 11) is 0. The Bertz CT molecular complexity index is 783. The SMILES string of the molecule is CCN1CCN(C(=O)C(C)Sc2ncnc3sc4c(c23)CCC4)CC1. The number of fused-ring (bicyclic) bond motifs is 3. The normalized spacial score (nSPS) is 19.4. The van der Waals surface area contributed by atoms with Crippen molar-refractivity contribution in [1.29, 1.82) is 0 Å². The van der Waals surface area contributed by atoms with Crippen molar-refractivity contribution in [2.45, 2.75) is 43.4 Å². The number of carbonyl (C=O) groups is 1. The van der Waals surface area contributed by atoms with Crippen LogP contribution in [0.4, 0.5) is 0 Å². The Kier molecular flexibility index (Phi) is 4.97. The van der Waals surface area contributed by atoms with Crippen molar-refractivity contribution in [1.82, 2.24) is 19.8 Å². The van der Waals surface area contributed by atoms with Crippen LogP contribution >= 0.6 is 23.1 Å². The van der Waals surface area contributed by atoms with Crippen molar-refractivity contribution >= 4 is 39.2 Å². The zero-order valence-corrected chi connectivity index (χ0v) is 16.5. The number of hydrogen-bond acceptors (Lipinski definition) is 6. The quantitative estimate of drug-likeness (QED) is 0.607. The van der Waals surface area contributed by atoms with Gasteiger partial charge in [0.05, 0.1) is 5.25 Å². The molecule has 1 aliphatic heterocycles. The van der Waals surface area contributed by atoms with Crippen molar-refractivity contribution in [2.75, 3.05) is 32.7 Å². The zero-order valence-electron chi connectivity index (χ0n) is 14.8. The third-order valence-electron chi connectivity index (χ3n) is 5.23. The number of carbonyl (C=O) groups excluding carboxylic acids is 1. The Labute approximate surface area is 156 Å². The standard InChI is InChI=1S/C18H24N4OS2/c1-3-21-7-9-22(10-8-21)18(23)12(2)24-16-15-13-5-4-6-14(13)25-17(15)20-11-19-16/h11-12H,3-10H2,1-2H3. The van der Waals surface area contributed by atoms with Gasteiger partial charge in [-0.2, -0.15) is 0 Å². The van der Waals surface area contributed by atoms with Crippen LogP contribution in [0, 0.1) is 0 Å². The number of aromatic nitrogens is 2. The van der Waals surface area contributed by atoms with Gasteiger partial charge in [-0.1, -0.05) is 18.7 Å². The number of aryl methyl sites for hydroxylation is 2. The lowest BCUT2D eigenvalue weighted by Gasteiger charge is -2.35. The van der Waals surface area contributed by atoms with Crippen LogP contribution in [0.1, 0.15) is 30.7 Å². The minimum absolute atomic E-state index is 0.108. The molecule has 0 radical (unpaired) electrons. The summed E-state index contributed by atoms with van der Waals surface area (Å²) in [5.41, 5.74) is 1.43. The van der Waals surface area contributed by atoms with E-state index in [0.717, 1.165) is 55.4 Å². The molecule has 1 fully saturated rings. The molecule has 0 bridgehead atoms. The van der Waals surface area contributed by atoms with Gasteiger partial charge >= 0.3 is 0 Å². The van der Waals surface area contributed by atoms with Crippen molar-refractivity contribution in [3.05, 3.63) is 16.8 Å². The average Bonchev–Trinajstić information content (AvgIpc) is 3.22. The highest BCUT2D eigenvalue weighted by molar-refractivity contribution is 8.00. The van der Waals surface area contributed by atoms with Gasteiger partial charge in [-0.3, -0.25) is 4.79 Å². The molecule has 134 valence electrons. The third-order valence-corrected chi connectivity index (χ3v) is 7.52. The van der Waals surface area contributed by atoms with Gasteiger partial charge in [0, 0.05) is 36.4 Å². The molecule has 0 N–H and O–H groups in total. The Morgan fingerprint density at radius 3 is 2.84 bits per heavy atom. The van der Waals surface area contributed by atoms with E-state index < -0.39 is 0 Å². The van der Waals surface area contributed by atoms with Gasteiger partial charge < -0.3 is 9.80 Å². The summed E-state index contributed by atoms with van der Waals surface area (Å²) in [4.78, 5) is 28.8. The van der Waals surface area contributed by atoms with Gasteiger partial charge in [0.15, 0.2) is 0 Å². The van der Waals surface area contributed by atoms with E-state index in [4.69, 9.17) is 0 Å². The van der Waals surface area contributed by atoms with Crippen LogP contribution in [0.25, 0.3) is 10.2 Å². The molecule has 1 unspecified atom stereocenters. The van der Waals surface area contributed by atoms with Crippen LogP contribution in [0.15, 0.2) is 11.4 Å². The molecule has 3 heterocycles. The second kappa shape index (κ2) is 7.21. The van der Waals surface area contributed by atoms with Crippen LogP contribution in [-0.2, 0) is 17.6 Å². The average molecular weight is 377 g/mol. The van der Waals surface area contributed by atoms with E-state index in [1.165, 1.54) is 22.2 Å². The summed E-state index contributed by atoms with van der Waals surface area (Å²) in [6, 6.07) is 0. The van der Waals surface area contributed by atoms with E-state index >= 15 is 0 Å². The van der Waals surface area contributed by atoms with Crippen molar-refractivity contribution in [3.63, 3.8) is 0 Å². The monoisotopic (exact) mass is 376 g/mol. The van der Waals surface area contributed by atoms with Gasteiger partial charge in [0.25, 0.3) is 0 Å². The lowest BCUT2D eigenvalue weighted by molar-refractivity contribution is -0.132. The fourth-order valence-electron chi connectivity index (χ4n) is 3.75. The summed E-state index contributed by atoms with van der Waals surface area (Å²) in [5, 5.41) is 2.08. The molecule has 2 aromatic heterocycles. The van der Waals surface area contributed by atoms with Crippen LogP contribution in [-0.4, -0.2) is 63.6 Å². The number of thioether (sulfide) groups is 1. The second-order valence-electron chi connectivity index (χ2n) is 6.74. The maximum atomic E-state index is 12.9. The van der Waals surface area contributed by atoms with Crippen molar-refractivity contribution in [2.24, 2.45) is 0 Å². The minimum Gasteiger partial charge on any atom is -0.339 e. The summed E-state index contributed by atoms with van der Waals surface area (Å²) >= 11 is 3.40. The molecule has 4 rings (SSSR count). The summed E-state index contributed by atoms with van der Waals surface area (Å²) < 4.78 is 0. The first-order valence-electron chi connectivity index (χ1n) is 9.10. The summed E-state index contributed by atoms with van der Waals surface area (Å²) in [6.45, 7) is 8.89. The van der Waals surface area contributed by atoms with Crippen LogP contribution in [0.3, 0.4) is 0 Å². The van der Waals surface area contributed by atoms with E-state index in [2.05, 4.69) is 21.8 Å². The fourth-order valence-corrected chi connectivity index (χ4v) is 6.07. The molecule has 5 nitrogen and oxygen atoms in total. The van der Waals surface area contributed by atoms with Crippen LogP contribution in [0.5, 0.6) is 0 Å². The molecule has 25 heavy (non-hydrogen) atoms. The molecule has 7 heteroatoms. The number of piperazine rings is 1. The molecule has 1 amide bonds. The molecule has 0 aromatic carbocycles. The predicted molar refractivity (Wildman–Crippen MR) is 103 cm³/mol. The Hall–Kier alpha value is -1.18. The van der Waals surface area contributed by atoms with Gasteiger partial charge in [-0.25, -0.2) is 9.97 Å². The molecule has 2 aromatic rings. The number of thiophene rings is 1. The maximum Gasteiger partial charge on any atom is 0.235 e. The largest absolute Gasteiger partial charge is 0.339 e. The zero-order chi connectivity index (χ0) is 17.4. The highest BCUT2D eigenvalue weighted by Crippen LogP contribution is 2.41. The maximum absolute atomic E-state index is 12.9. The van der Waals surface area contributed by atoms with Gasteiger partial charge in [0.2, 0.25) is 5.91 Å². The van der Waals surface area contributed by atoms with E-state index in [9.17, 15) is 4.79 Å². The predicted octanol–water partition coefficient (Wildman–Crippen LogP) is 2.82. The number of nitrogens with zero attached hydrogens (tertiary/aromatic N) is 4. The Morgan fingerprint density at radius 1 is 1.28 bits per heavy atom. The van der Waals surface area contributed by atoms with E-state index in [1.807, 2.05) is 11.8 Å². The molecule has 2 aliphatic rings. The number of amides is 1.